The fraction of sp³-hybridized carbons (Fsp3) is 0.133. The van der Waals surface area contributed by atoms with E-state index < -0.39 is 0 Å². The number of nitrogens with two attached hydrogens (primary N) is 1. The minimum atomic E-state index is 0.352. The highest BCUT2D eigenvalue weighted by Gasteiger charge is 2.21. The maximum Gasteiger partial charge on any atom is 0.190 e. The van der Waals surface area contributed by atoms with E-state index in [0.29, 0.717) is 11.6 Å². The maximum absolute atomic E-state index is 5.97. The van der Waals surface area contributed by atoms with Gasteiger partial charge < -0.3 is 19.7 Å². The fourth-order valence-electron chi connectivity index (χ4n) is 2.12. The minimum absolute atomic E-state index is 0.352. The average molecular weight is 302 g/mol. The average Bonchev–Trinajstić information content (AvgIpc) is 3.13. The zero-order chi connectivity index (χ0) is 14.8. The molecule has 0 amide bonds. The number of aromatic nitrogens is 1. The van der Waals surface area contributed by atoms with E-state index >= 15 is 0 Å². The third-order valence-corrected chi connectivity index (χ3v) is 4.05. The Bertz CT molecular complexity index is 747. The number of hydrogen-bond acceptors (Lipinski definition) is 6. The van der Waals surface area contributed by atoms with Crippen molar-refractivity contribution in [2.45, 2.75) is 0 Å². The molecule has 0 aliphatic rings. The first-order chi connectivity index (χ1) is 10.2. The summed E-state index contributed by atoms with van der Waals surface area (Å²) >= 11 is 1.52. The highest BCUT2D eigenvalue weighted by Crippen LogP contribution is 2.43. The molecule has 0 bridgehead atoms. The largest absolute Gasteiger partial charge is 0.497 e. The molecule has 2 heterocycles. The molecule has 6 heteroatoms. The number of nitrogen functional groups attached to an aromatic ring is 1. The summed E-state index contributed by atoms with van der Waals surface area (Å²) in [5.74, 6) is 2.49. The highest BCUT2D eigenvalue weighted by atomic mass is 32.1. The standard InChI is InChI=1S/C15H14N2O3S/c1-18-10-5-3-9(4-6-10)12-13(20-17-15(12)16)14-11(19-2)7-8-21-14/h3-8H,1-2H3,(H2,16,17). The van der Waals surface area contributed by atoms with Gasteiger partial charge in [-0.2, -0.15) is 0 Å². The number of thiophene rings is 1. The van der Waals surface area contributed by atoms with Crippen LogP contribution >= 0.6 is 11.3 Å². The molecule has 2 aromatic heterocycles. The lowest BCUT2D eigenvalue weighted by Gasteiger charge is -2.05. The van der Waals surface area contributed by atoms with Gasteiger partial charge in [0.1, 0.15) is 16.4 Å². The topological polar surface area (TPSA) is 70.5 Å². The van der Waals surface area contributed by atoms with E-state index in [1.807, 2.05) is 35.7 Å². The number of methoxy groups -OCH3 is 2. The first-order valence-electron chi connectivity index (χ1n) is 6.26. The Kier molecular flexibility index (Phi) is 3.53. The quantitative estimate of drug-likeness (QED) is 0.796. The smallest absolute Gasteiger partial charge is 0.190 e. The van der Waals surface area contributed by atoms with Crippen LogP contribution in [0.3, 0.4) is 0 Å². The molecule has 0 aliphatic heterocycles. The van der Waals surface area contributed by atoms with E-state index in [2.05, 4.69) is 5.16 Å². The van der Waals surface area contributed by atoms with E-state index in [1.54, 1.807) is 14.2 Å². The summed E-state index contributed by atoms with van der Waals surface area (Å²) in [4.78, 5) is 0.868. The van der Waals surface area contributed by atoms with Crippen LogP contribution in [0, 0.1) is 0 Å². The van der Waals surface area contributed by atoms with Gasteiger partial charge in [-0.15, -0.1) is 11.3 Å². The molecule has 0 saturated heterocycles. The van der Waals surface area contributed by atoms with Crippen LogP contribution in [-0.2, 0) is 0 Å². The number of benzene rings is 1. The molecule has 0 saturated carbocycles. The van der Waals surface area contributed by atoms with Crippen molar-refractivity contribution in [2.24, 2.45) is 0 Å². The van der Waals surface area contributed by atoms with E-state index in [-0.39, 0.29) is 0 Å². The molecule has 108 valence electrons. The molecule has 0 atom stereocenters. The van der Waals surface area contributed by atoms with Crippen molar-refractivity contribution in [3.8, 4) is 33.3 Å². The van der Waals surface area contributed by atoms with Gasteiger partial charge >= 0.3 is 0 Å². The van der Waals surface area contributed by atoms with E-state index in [1.165, 1.54) is 11.3 Å². The van der Waals surface area contributed by atoms with Crippen LogP contribution < -0.4 is 15.2 Å². The Morgan fingerprint density at radius 2 is 1.86 bits per heavy atom. The third kappa shape index (κ3) is 2.34. The Morgan fingerprint density at radius 1 is 1.10 bits per heavy atom. The summed E-state index contributed by atoms with van der Waals surface area (Å²) in [6.07, 6.45) is 0. The number of rotatable bonds is 4. The third-order valence-electron chi connectivity index (χ3n) is 3.15. The number of anilines is 1. The molecular formula is C15H14N2O3S. The number of nitrogens with zero attached hydrogens (tertiary/aromatic N) is 1. The summed E-state index contributed by atoms with van der Waals surface area (Å²) in [7, 11) is 3.25. The van der Waals surface area contributed by atoms with Crippen LogP contribution in [0.25, 0.3) is 21.8 Å². The first kappa shape index (κ1) is 13.5. The van der Waals surface area contributed by atoms with Gasteiger partial charge in [0.25, 0.3) is 0 Å². The van der Waals surface area contributed by atoms with Crippen molar-refractivity contribution in [1.82, 2.24) is 5.16 Å². The Labute approximate surface area is 125 Å². The molecule has 3 rings (SSSR count). The van der Waals surface area contributed by atoms with Gasteiger partial charge in [0.05, 0.1) is 19.8 Å². The molecule has 5 nitrogen and oxygen atoms in total. The predicted molar refractivity (Wildman–Crippen MR) is 82.8 cm³/mol. The van der Waals surface area contributed by atoms with Crippen molar-refractivity contribution in [3.05, 3.63) is 35.7 Å². The molecule has 0 spiro atoms. The van der Waals surface area contributed by atoms with Gasteiger partial charge in [-0.1, -0.05) is 17.3 Å². The molecule has 21 heavy (non-hydrogen) atoms. The summed E-state index contributed by atoms with van der Waals surface area (Å²) < 4.78 is 15.9. The lowest BCUT2D eigenvalue weighted by Crippen LogP contribution is -1.89. The number of hydrogen-bond donors (Lipinski definition) is 1. The maximum atomic E-state index is 5.97. The van der Waals surface area contributed by atoms with Crippen molar-refractivity contribution in [3.63, 3.8) is 0 Å². The Hall–Kier alpha value is -2.47. The normalized spacial score (nSPS) is 10.6. The van der Waals surface area contributed by atoms with Crippen LogP contribution in [0.5, 0.6) is 11.5 Å². The summed E-state index contributed by atoms with van der Waals surface area (Å²) in [5.41, 5.74) is 7.65. The molecule has 0 unspecified atom stereocenters. The first-order valence-corrected chi connectivity index (χ1v) is 7.14. The van der Waals surface area contributed by atoms with E-state index in [9.17, 15) is 0 Å². The van der Waals surface area contributed by atoms with Crippen LogP contribution in [0.1, 0.15) is 0 Å². The van der Waals surface area contributed by atoms with Crippen molar-refractivity contribution >= 4 is 17.2 Å². The van der Waals surface area contributed by atoms with Crippen molar-refractivity contribution in [1.29, 1.82) is 0 Å². The van der Waals surface area contributed by atoms with Crippen molar-refractivity contribution < 1.29 is 14.0 Å². The molecule has 0 fully saturated rings. The van der Waals surface area contributed by atoms with Gasteiger partial charge in [0.2, 0.25) is 0 Å². The predicted octanol–water partition coefficient (Wildman–Crippen LogP) is 3.67. The highest BCUT2D eigenvalue weighted by molar-refractivity contribution is 7.14. The van der Waals surface area contributed by atoms with Gasteiger partial charge in [-0.3, -0.25) is 0 Å². The zero-order valence-electron chi connectivity index (χ0n) is 11.6. The van der Waals surface area contributed by atoms with Crippen LogP contribution in [0.15, 0.2) is 40.2 Å². The monoisotopic (exact) mass is 302 g/mol. The van der Waals surface area contributed by atoms with Crippen LogP contribution in [-0.4, -0.2) is 19.4 Å². The van der Waals surface area contributed by atoms with Crippen LogP contribution in [0.4, 0.5) is 5.82 Å². The zero-order valence-corrected chi connectivity index (χ0v) is 12.4. The Morgan fingerprint density at radius 3 is 2.52 bits per heavy atom. The lowest BCUT2D eigenvalue weighted by molar-refractivity contribution is 0.409. The van der Waals surface area contributed by atoms with Crippen molar-refractivity contribution in [2.75, 3.05) is 20.0 Å². The summed E-state index contributed by atoms with van der Waals surface area (Å²) in [6, 6.07) is 9.47. The molecular weight excluding hydrogens is 288 g/mol. The number of ether oxygens (including phenoxy) is 2. The van der Waals surface area contributed by atoms with Gasteiger partial charge in [0.15, 0.2) is 11.6 Å². The molecule has 2 N–H and O–H groups in total. The second kappa shape index (κ2) is 5.49. The van der Waals surface area contributed by atoms with Crippen LogP contribution in [0.2, 0.25) is 0 Å². The van der Waals surface area contributed by atoms with E-state index in [0.717, 1.165) is 27.5 Å². The molecule has 1 aromatic carbocycles. The summed E-state index contributed by atoms with van der Waals surface area (Å²) in [6.45, 7) is 0. The second-order valence-corrected chi connectivity index (χ2v) is 5.23. The molecule has 0 aliphatic carbocycles. The second-order valence-electron chi connectivity index (χ2n) is 4.32. The molecule has 3 aromatic rings. The SMILES string of the molecule is COc1ccc(-c2c(N)noc2-c2sccc2OC)cc1. The van der Waals surface area contributed by atoms with Gasteiger partial charge in [0, 0.05) is 0 Å². The summed E-state index contributed by atoms with van der Waals surface area (Å²) in [5, 5.41) is 5.82. The van der Waals surface area contributed by atoms with Gasteiger partial charge in [-0.25, -0.2) is 0 Å². The fourth-order valence-corrected chi connectivity index (χ4v) is 2.96. The Balaban J connectivity index is 2.12. The van der Waals surface area contributed by atoms with Gasteiger partial charge in [-0.05, 0) is 29.1 Å². The lowest BCUT2D eigenvalue weighted by atomic mass is 10.0. The molecule has 0 radical (unpaired) electrons. The minimum Gasteiger partial charge on any atom is -0.497 e. The van der Waals surface area contributed by atoms with E-state index in [4.69, 9.17) is 19.7 Å².